The molecule has 1 aromatic rings. The Morgan fingerprint density at radius 2 is 2.00 bits per heavy atom. The zero-order chi connectivity index (χ0) is 11.1. The van der Waals surface area contributed by atoms with E-state index in [0.29, 0.717) is 6.54 Å². The molecular formula is C7H9F3N4O. The molecule has 1 aliphatic rings. The van der Waals surface area contributed by atoms with Crippen molar-refractivity contribution >= 4 is 0 Å². The van der Waals surface area contributed by atoms with E-state index >= 15 is 0 Å². The molecule has 0 bridgehead atoms. The van der Waals surface area contributed by atoms with E-state index in [2.05, 4.69) is 10.2 Å². The largest absolute Gasteiger partial charge is 0.451 e. The number of aromatic nitrogens is 3. The summed E-state index contributed by atoms with van der Waals surface area (Å²) in [4.78, 5) is 1.59. The van der Waals surface area contributed by atoms with Gasteiger partial charge in [0.15, 0.2) is 0 Å². The zero-order valence-corrected chi connectivity index (χ0v) is 7.70. The first-order valence-corrected chi connectivity index (χ1v) is 4.35. The first-order chi connectivity index (χ1) is 7.02. The van der Waals surface area contributed by atoms with Crippen molar-refractivity contribution in [3.05, 3.63) is 11.6 Å². The van der Waals surface area contributed by atoms with Gasteiger partial charge in [-0.25, -0.2) is 0 Å². The SMILES string of the molecule is OCN1CCn2c(nnc2C(F)(F)F)C1. The van der Waals surface area contributed by atoms with E-state index in [0.717, 1.165) is 4.57 Å². The molecule has 0 atom stereocenters. The van der Waals surface area contributed by atoms with Crippen LogP contribution in [0.25, 0.3) is 0 Å². The summed E-state index contributed by atoms with van der Waals surface area (Å²) in [5.74, 6) is -0.724. The van der Waals surface area contributed by atoms with Crippen LogP contribution in [0.5, 0.6) is 0 Å². The zero-order valence-electron chi connectivity index (χ0n) is 7.70. The molecule has 0 spiro atoms. The molecule has 1 aliphatic heterocycles. The first kappa shape index (κ1) is 10.4. The van der Waals surface area contributed by atoms with Gasteiger partial charge in [-0.2, -0.15) is 13.2 Å². The summed E-state index contributed by atoms with van der Waals surface area (Å²) < 4.78 is 38.3. The van der Waals surface area contributed by atoms with Crippen molar-refractivity contribution in [3.63, 3.8) is 0 Å². The maximum atomic E-state index is 12.4. The number of rotatable bonds is 1. The third-order valence-corrected chi connectivity index (χ3v) is 2.29. The third kappa shape index (κ3) is 1.82. The molecule has 8 heteroatoms. The Balaban J connectivity index is 2.30. The van der Waals surface area contributed by atoms with Crippen LogP contribution in [0.15, 0.2) is 0 Å². The fraction of sp³-hybridized carbons (Fsp3) is 0.714. The van der Waals surface area contributed by atoms with E-state index in [9.17, 15) is 13.2 Å². The molecule has 0 fully saturated rings. The van der Waals surface area contributed by atoms with Crippen molar-refractivity contribution in [2.24, 2.45) is 0 Å². The lowest BCUT2D eigenvalue weighted by Gasteiger charge is -2.25. The smallest absolute Gasteiger partial charge is 0.381 e. The molecule has 2 heterocycles. The predicted octanol–water partition coefficient (Wildman–Crippen LogP) is 0.0623. The van der Waals surface area contributed by atoms with Crippen LogP contribution < -0.4 is 0 Å². The average Bonchev–Trinajstić information content (AvgIpc) is 2.59. The highest BCUT2D eigenvalue weighted by Gasteiger charge is 2.39. The molecule has 15 heavy (non-hydrogen) atoms. The number of aliphatic hydroxyl groups is 1. The molecule has 0 saturated heterocycles. The van der Waals surface area contributed by atoms with Crippen molar-refractivity contribution in [1.82, 2.24) is 19.7 Å². The first-order valence-electron chi connectivity index (χ1n) is 4.35. The highest BCUT2D eigenvalue weighted by atomic mass is 19.4. The summed E-state index contributed by atoms with van der Waals surface area (Å²) in [6, 6.07) is 0. The van der Waals surface area contributed by atoms with Crippen LogP contribution in [-0.4, -0.2) is 38.0 Å². The van der Waals surface area contributed by atoms with Crippen molar-refractivity contribution in [1.29, 1.82) is 0 Å². The monoisotopic (exact) mass is 222 g/mol. The van der Waals surface area contributed by atoms with Crippen LogP contribution >= 0.6 is 0 Å². The number of fused-ring (bicyclic) bond motifs is 1. The summed E-state index contributed by atoms with van der Waals surface area (Å²) in [6.45, 7) is 0.524. The lowest BCUT2D eigenvalue weighted by Crippen LogP contribution is -2.35. The third-order valence-electron chi connectivity index (χ3n) is 2.29. The van der Waals surface area contributed by atoms with E-state index in [1.807, 2.05) is 0 Å². The van der Waals surface area contributed by atoms with E-state index in [1.54, 1.807) is 4.90 Å². The Morgan fingerprint density at radius 3 is 2.60 bits per heavy atom. The quantitative estimate of drug-likeness (QED) is 0.730. The van der Waals surface area contributed by atoms with Crippen molar-refractivity contribution < 1.29 is 18.3 Å². The van der Waals surface area contributed by atoms with Crippen molar-refractivity contribution in [2.45, 2.75) is 19.3 Å². The summed E-state index contributed by atoms with van der Waals surface area (Å²) in [5.41, 5.74) is 0. The average molecular weight is 222 g/mol. The molecule has 0 unspecified atom stereocenters. The summed E-state index contributed by atoms with van der Waals surface area (Å²) >= 11 is 0. The lowest BCUT2D eigenvalue weighted by atomic mass is 10.3. The van der Waals surface area contributed by atoms with Crippen LogP contribution in [-0.2, 0) is 19.3 Å². The second-order valence-corrected chi connectivity index (χ2v) is 3.28. The lowest BCUT2D eigenvalue weighted by molar-refractivity contribution is -0.148. The molecule has 1 N–H and O–H groups in total. The molecule has 84 valence electrons. The fourth-order valence-corrected chi connectivity index (χ4v) is 1.54. The van der Waals surface area contributed by atoms with Gasteiger partial charge in [0.05, 0.1) is 13.3 Å². The van der Waals surface area contributed by atoms with Gasteiger partial charge in [0.1, 0.15) is 5.82 Å². The Hall–Kier alpha value is -1.15. The number of hydrogen-bond acceptors (Lipinski definition) is 4. The molecule has 0 saturated carbocycles. The van der Waals surface area contributed by atoms with E-state index in [4.69, 9.17) is 5.11 Å². The molecular weight excluding hydrogens is 213 g/mol. The van der Waals surface area contributed by atoms with Crippen LogP contribution in [0.2, 0.25) is 0 Å². The number of hydrogen-bond donors (Lipinski definition) is 1. The minimum atomic E-state index is -4.47. The maximum Gasteiger partial charge on any atom is 0.451 e. The minimum Gasteiger partial charge on any atom is -0.381 e. The Labute approximate surface area is 83.1 Å². The fourth-order valence-electron chi connectivity index (χ4n) is 1.54. The Morgan fingerprint density at radius 1 is 1.27 bits per heavy atom. The van der Waals surface area contributed by atoms with Crippen LogP contribution in [0.4, 0.5) is 13.2 Å². The summed E-state index contributed by atoms with van der Waals surface area (Å²) in [6.07, 6.45) is -4.47. The summed E-state index contributed by atoms with van der Waals surface area (Å²) in [7, 11) is 0. The van der Waals surface area contributed by atoms with Gasteiger partial charge in [-0.05, 0) is 0 Å². The van der Waals surface area contributed by atoms with Crippen LogP contribution in [0.3, 0.4) is 0 Å². The van der Waals surface area contributed by atoms with E-state index in [-0.39, 0.29) is 25.6 Å². The molecule has 0 aromatic carbocycles. The van der Waals surface area contributed by atoms with Crippen LogP contribution in [0.1, 0.15) is 11.6 Å². The van der Waals surface area contributed by atoms with Crippen LogP contribution in [0, 0.1) is 0 Å². The molecule has 0 amide bonds. The van der Waals surface area contributed by atoms with Gasteiger partial charge in [0.2, 0.25) is 5.82 Å². The normalized spacial score (nSPS) is 17.9. The Kier molecular flexibility index (Phi) is 2.39. The van der Waals surface area contributed by atoms with Gasteiger partial charge in [0, 0.05) is 13.1 Å². The van der Waals surface area contributed by atoms with Gasteiger partial charge in [-0.1, -0.05) is 0 Å². The second-order valence-electron chi connectivity index (χ2n) is 3.28. The summed E-state index contributed by atoms with van der Waals surface area (Å²) in [5, 5.41) is 15.4. The molecule has 2 rings (SSSR count). The molecule has 0 aliphatic carbocycles. The Bertz CT molecular complexity index is 362. The van der Waals surface area contributed by atoms with Crippen molar-refractivity contribution in [3.8, 4) is 0 Å². The number of nitrogens with zero attached hydrogens (tertiary/aromatic N) is 4. The highest BCUT2D eigenvalue weighted by Crippen LogP contribution is 2.29. The topological polar surface area (TPSA) is 54.2 Å². The maximum absolute atomic E-state index is 12.4. The standard InChI is InChI=1S/C7H9F3N4O/c8-7(9,10)6-12-11-5-3-13(4-15)1-2-14(5)6/h15H,1-4H2. The van der Waals surface area contributed by atoms with E-state index < -0.39 is 12.0 Å². The van der Waals surface area contributed by atoms with Gasteiger partial charge < -0.3 is 9.67 Å². The number of alkyl halides is 3. The highest BCUT2D eigenvalue weighted by molar-refractivity contribution is 5.01. The van der Waals surface area contributed by atoms with Crippen molar-refractivity contribution in [2.75, 3.05) is 13.3 Å². The van der Waals surface area contributed by atoms with Gasteiger partial charge in [0.25, 0.3) is 0 Å². The minimum absolute atomic E-state index is 0.151. The van der Waals surface area contributed by atoms with Gasteiger partial charge >= 0.3 is 6.18 Å². The van der Waals surface area contributed by atoms with Gasteiger partial charge in [-0.3, -0.25) is 4.90 Å². The van der Waals surface area contributed by atoms with E-state index in [1.165, 1.54) is 0 Å². The second kappa shape index (κ2) is 3.46. The molecule has 1 aromatic heterocycles. The number of aliphatic hydroxyl groups excluding tert-OH is 1. The van der Waals surface area contributed by atoms with Gasteiger partial charge in [-0.15, -0.1) is 10.2 Å². The predicted molar refractivity (Wildman–Crippen MR) is 42.5 cm³/mol. The molecule has 0 radical (unpaired) electrons. The molecule has 5 nitrogen and oxygen atoms in total. The number of halogens is 3.